The zero-order valence-corrected chi connectivity index (χ0v) is 9.54. The number of allylic oxidation sites excluding steroid dienone is 1. The normalized spacial score (nSPS) is 43.8. The first-order chi connectivity index (χ1) is 6.81. The van der Waals surface area contributed by atoms with E-state index in [4.69, 9.17) is 0 Å². The van der Waals surface area contributed by atoms with Gasteiger partial charge in [0.15, 0.2) is 0 Å². The van der Waals surface area contributed by atoms with Crippen LogP contribution in [0.4, 0.5) is 0 Å². The molecule has 0 N–H and O–H groups in total. The van der Waals surface area contributed by atoms with Crippen molar-refractivity contribution < 1.29 is 0 Å². The molecule has 0 heterocycles. The summed E-state index contributed by atoms with van der Waals surface area (Å²) in [6.07, 6.45) is 12.6. The van der Waals surface area contributed by atoms with Crippen molar-refractivity contribution in [2.24, 2.45) is 23.7 Å². The Balaban J connectivity index is 2.01. The quantitative estimate of drug-likeness (QED) is 0.540. The molecule has 0 heteroatoms. The average Bonchev–Trinajstić information content (AvgIpc) is 2.41. The van der Waals surface area contributed by atoms with E-state index in [-0.39, 0.29) is 0 Å². The van der Waals surface area contributed by atoms with Gasteiger partial charge in [-0.1, -0.05) is 45.1 Å². The van der Waals surface area contributed by atoms with Gasteiger partial charge in [-0.3, -0.25) is 0 Å². The highest BCUT2D eigenvalue weighted by Crippen LogP contribution is 2.44. The van der Waals surface area contributed by atoms with E-state index in [0.717, 1.165) is 23.7 Å². The van der Waals surface area contributed by atoms with Gasteiger partial charge in [-0.15, -0.1) is 6.58 Å². The van der Waals surface area contributed by atoms with Crippen LogP contribution in [0.5, 0.6) is 0 Å². The van der Waals surface area contributed by atoms with Gasteiger partial charge in [-0.25, -0.2) is 0 Å². The van der Waals surface area contributed by atoms with Crippen molar-refractivity contribution in [2.75, 3.05) is 0 Å². The van der Waals surface area contributed by atoms with Crippen LogP contribution in [-0.4, -0.2) is 0 Å². The summed E-state index contributed by atoms with van der Waals surface area (Å²) >= 11 is 0. The molecular formula is C14H24. The van der Waals surface area contributed by atoms with Crippen molar-refractivity contribution >= 4 is 0 Å². The third kappa shape index (κ3) is 2.04. The maximum Gasteiger partial charge on any atom is -0.0208 e. The molecule has 0 spiro atoms. The highest BCUT2D eigenvalue weighted by Gasteiger charge is 2.33. The Hall–Kier alpha value is -0.260. The Morgan fingerprint density at radius 2 is 1.64 bits per heavy atom. The van der Waals surface area contributed by atoms with Crippen molar-refractivity contribution in [3.63, 3.8) is 0 Å². The fourth-order valence-electron chi connectivity index (χ4n) is 3.64. The Labute approximate surface area is 88.8 Å². The standard InChI is InChI=1S/C14H24/c1-3-12-10-14-8-6-4-5-7-13(14)9-11(12)2/h3,11-14H,1,4-10H2,2H3. The molecule has 80 valence electrons. The molecule has 0 aromatic carbocycles. The van der Waals surface area contributed by atoms with Gasteiger partial charge in [-0.05, 0) is 36.5 Å². The van der Waals surface area contributed by atoms with Crippen molar-refractivity contribution in [3.05, 3.63) is 12.7 Å². The van der Waals surface area contributed by atoms with E-state index in [1.807, 2.05) is 0 Å². The molecule has 2 aliphatic carbocycles. The lowest BCUT2D eigenvalue weighted by molar-refractivity contribution is 0.140. The summed E-state index contributed by atoms with van der Waals surface area (Å²) in [4.78, 5) is 0. The van der Waals surface area contributed by atoms with Crippen LogP contribution in [0.1, 0.15) is 51.9 Å². The van der Waals surface area contributed by atoms with Gasteiger partial charge >= 0.3 is 0 Å². The molecule has 4 unspecified atom stereocenters. The average molecular weight is 192 g/mol. The predicted octanol–water partition coefficient (Wildman–Crippen LogP) is 4.42. The fraction of sp³-hybridized carbons (Fsp3) is 0.857. The van der Waals surface area contributed by atoms with Gasteiger partial charge in [0.05, 0.1) is 0 Å². The van der Waals surface area contributed by atoms with Crippen molar-refractivity contribution in [1.29, 1.82) is 0 Å². The minimum Gasteiger partial charge on any atom is -0.103 e. The minimum atomic E-state index is 0.814. The molecule has 0 nitrogen and oxygen atoms in total. The van der Waals surface area contributed by atoms with Crippen molar-refractivity contribution in [1.82, 2.24) is 0 Å². The largest absolute Gasteiger partial charge is 0.103 e. The summed E-state index contributed by atoms with van der Waals surface area (Å²) in [7, 11) is 0. The maximum absolute atomic E-state index is 4.00. The molecule has 0 aromatic rings. The second-order valence-corrected chi connectivity index (χ2v) is 5.51. The first-order valence-electron chi connectivity index (χ1n) is 6.44. The summed E-state index contributed by atoms with van der Waals surface area (Å²) < 4.78 is 0. The van der Waals surface area contributed by atoms with Crippen LogP contribution in [0.25, 0.3) is 0 Å². The molecule has 14 heavy (non-hydrogen) atoms. The Bertz CT molecular complexity index is 194. The summed E-state index contributed by atoms with van der Waals surface area (Å²) in [5.74, 6) is 3.81. The molecule has 0 radical (unpaired) electrons. The molecule has 0 bridgehead atoms. The zero-order valence-electron chi connectivity index (χ0n) is 9.54. The van der Waals surface area contributed by atoms with Crippen LogP contribution < -0.4 is 0 Å². The molecule has 2 saturated carbocycles. The van der Waals surface area contributed by atoms with Crippen LogP contribution in [0.3, 0.4) is 0 Å². The van der Waals surface area contributed by atoms with E-state index in [0.29, 0.717) is 0 Å². The molecule has 0 aliphatic heterocycles. The van der Waals surface area contributed by atoms with Gasteiger partial charge in [-0.2, -0.15) is 0 Å². The predicted molar refractivity (Wildman–Crippen MR) is 62.2 cm³/mol. The summed E-state index contributed by atoms with van der Waals surface area (Å²) in [5.41, 5.74) is 0. The number of hydrogen-bond donors (Lipinski definition) is 0. The van der Waals surface area contributed by atoms with E-state index in [1.54, 1.807) is 0 Å². The van der Waals surface area contributed by atoms with E-state index < -0.39 is 0 Å². The molecule has 4 atom stereocenters. The second kappa shape index (κ2) is 4.51. The van der Waals surface area contributed by atoms with Crippen molar-refractivity contribution in [3.8, 4) is 0 Å². The van der Waals surface area contributed by atoms with Crippen molar-refractivity contribution in [2.45, 2.75) is 51.9 Å². The third-order valence-electron chi connectivity index (χ3n) is 4.60. The lowest BCUT2D eigenvalue weighted by Crippen LogP contribution is -2.29. The van der Waals surface area contributed by atoms with Crippen LogP contribution in [-0.2, 0) is 0 Å². The van der Waals surface area contributed by atoms with E-state index in [1.165, 1.54) is 44.9 Å². The summed E-state index contributed by atoms with van der Waals surface area (Å²) in [6.45, 7) is 6.42. The van der Waals surface area contributed by atoms with Crippen LogP contribution in [0.2, 0.25) is 0 Å². The topological polar surface area (TPSA) is 0 Å². The molecular weight excluding hydrogens is 168 g/mol. The molecule has 0 saturated heterocycles. The third-order valence-corrected chi connectivity index (χ3v) is 4.60. The van der Waals surface area contributed by atoms with Gasteiger partial charge in [0.2, 0.25) is 0 Å². The van der Waals surface area contributed by atoms with Crippen LogP contribution in [0, 0.1) is 23.7 Å². The maximum atomic E-state index is 4.00. The number of rotatable bonds is 1. The van der Waals surface area contributed by atoms with Gasteiger partial charge in [0.25, 0.3) is 0 Å². The number of hydrogen-bond acceptors (Lipinski definition) is 0. The summed E-state index contributed by atoms with van der Waals surface area (Å²) in [5, 5.41) is 0. The molecule has 2 fully saturated rings. The van der Waals surface area contributed by atoms with E-state index >= 15 is 0 Å². The van der Waals surface area contributed by atoms with Gasteiger partial charge in [0.1, 0.15) is 0 Å². The fourth-order valence-corrected chi connectivity index (χ4v) is 3.64. The molecule has 0 amide bonds. The zero-order chi connectivity index (χ0) is 9.97. The second-order valence-electron chi connectivity index (χ2n) is 5.51. The minimum absolute atomic E-state index is 0.814. The Morgan fingerprint density at radius 3 is 2.29 bits per heavy atom. The Morgan fingerprint density at radius 1 is 1.00 bits per heavy atom. The van der Waals surface area contributed by atoms with Gasteiger partial charge < -0.3 is 0 Å². The van der Waals surface area contributed by atoms with Gasteiger partial charge in [0, 0.05) is 0 Å². The van der Waals surface area contributed by atoms with Crippen LogP contribution in [0.15, 0.2) is 12.7 Å². The van der Waals surface area contributed by atoms with Crippen LogP contribution >= 0.6 is 0 Å². The molecule has 0 aromatic heterocycles. The highest BCUT2D eigenvalue weighted by atomic mass is 14.4. The summed E-state index contributed by atoms with van der Waals surface area (Å²) in [6, 6.07) is 0. The first-order valence-corrected chi connectivity index (χ1v) is 6.44. The van der Waals surface area contributed by atoms with E-state index in [2.05, 4.69) is 19.6 Å². The first kappa shape index (κ1) is 10.3. The Kier molecular flexibility index (Phi) is 3.30. The highest BCUT2D eigenvalue weighted by molar-refractivity contribution is 4.92. The lowest BCUT2D eigenvalue weighted by atomic mass is 9.67. The van der Waals surface area contributed by atoms with E-state index in [9.17, 15) is 0 Å². The smallest absolute Gasteiger partial charge is 0.0208 e. The SMILES string of the molecule is C=CC1CC2CCCCCC2CC1C. The number of fused-ring (bicyclic) bond motifs is 1. The monoisotopic (exact) mass is 192 g/mol. The lowest BCUT2D eigenvalue weighted by Gasteiger charge is -2.38. The molecule has 2 rings (SSSR count). The molecule has 2 aliphatic rings.